The second-order valence-electron chi connectivity index (χ2n) is 5.54. The number of anilines is 1. The van der Waals surface area contributed by atoms with E-state index < -0.39 is 5.97 Å². The monoisotopic (exact) mass is 342 g/mol. The Hall–Kier alpha value is -2.73. The summed E-state index contributed by atoms with van der Waals surface area (Å²) >= 11 is 5.09. The molecular weight excluding hydrogens is 324 g/mol. The van der Waals surface area contributed by atoms with Gasteiger partial charge in [0, 0.05) is 5.56 Å². The van der Waals surface area contributed by atoms with E-state index in [9.17, 15) is 9.59 Å². The van der Waals surface area contributed by atoms with E-state index in [4.69, 9.17) is 17.3 Å². The number of carbonyl (C=O) groups is 2. The van der Waals surface area contributed by atoms with Gasteiger partial charge in [0.1, 0.15) is 0 Å². The second-order valence-corrected chi connectivity index (χ2v) is 5.94. The lowest BCUT2D eigenvalue weighted by atomic mass is 10.0. The van der Waals surface area contributed by atoms with Crippen LogP contribution in [0.15, 0.2) is 48.5 Å². The van der Waals surface area contributed by atoms with Crippen molar-refractivity contribution in [1.29, 1.82) is 0 Å². The number of hydrogen-bond acceptors (Lipinski definition) is 3. The fourth-order valence-electron chi connectivity index (χ4n) is 2.13. The van der Waals surface area contributed by atoms with Crippen LogP contribution in [0.1, 0.15) is 46.0 Å². The number of aromatic carboxylic acids is 1. The van der Waals surface area contributed by atoms with Crippen LogP contribution in [0.2, 0.25) is 0 Å². The fraction of sp³-hybridized carbons (Fsp3) is 0.167. The van der Waals surface area contributed by atoms with E-state index in [0.29, 0.717) is 17.2 Å². The van der Waals surface area contributed by atoms with Crippen molar-refractivity contribution < 1.29 is 14.7 Å². The molecule has 5 nitrogen and oxygen atoms in total. The number of thiocarbonyl (C=S) groups is 1. The Bertz CT molecular complexity index is 770. The van der Waals surface area contributed by atoms with Gasteiger partial charge in [0.2, 0.25) is 0 Å². The highest BCUT2D eigenvalue weighted by Crippen LogP contribution is 2.16. The number of rotatable bonds is 4. The molecule has 0 radical (unpaired) electrons. The van der Waals surface area contributed by atoms with Crippen molar-refractivity contribution >= 4 is 34.9 Å². The van der Waals surface area contributed by atoms with Gasteiger partial charge in [0.25, 0.3) is 5.91 Å². The molecule has 0 aliphatic carbocycles. The molecule has 0 unspecified atom stereocenters. The molecule has 1 amide bonds. The van der Waals surface area contributed by atoms with Crippen LogP contribution in [-0.2, 0) is 0 Å². The van der Waals surface area contributed by atoms with Crippen molar-refractivity contribution in [2.45, 2.75) is 19.8 Å². The molecule has 0 saturated carbocycles. The van der Waals surface area contributed by atoms with E-state index in [1.54, 1.807) is 30.3 Å². The quantitative estimate of drug-likeness (QED) is 0.740. The minimum Gasteiger partial charge on any atom is -0.478 e. The standard InChI is InChI=1S/C18H18N2O3S/c1-11(2)12-7-9-13(10-8-12)16(21)20-18(24)19-15-6-4-3-5-14(15)17(22)23/h3-11H,1-2H3,(H,22,23)(H2,19,20,21,24). The summed E-state index contributed by atoms with van der Waals surface area (Å²) in [6.07, 6.45) is 0. The molecule has 2 aromatic rings. The Balaban J connectivity index is 2.04. The summed E-state index contributed by atoms with van der Waals surface area (Å²) in [7, 11) is 0. The average molecular weight is 342 g/mol. The van der Waals surface area contributed by atoms with Crippen LogP contribution in [0.25, 0.3) is 0 Å². The van der Waals surface area contributed by atoms with Crippen molar-refractivity contribution in [2.75, 3.05) is 5.32 Å². The molecule has 0 heterocycles. The van der Waals surface area contributed by atoms with Gasteiger partial charge < -0.3 is 10.4 Å². The smallest absolute Gasteiger partial charge is 0.337 e. The summed E-state index contributed by atoms with van der Waals surface area (Å²) < 4.78 is 0. The lowest BCUT2D eigenvalue weighted by molar-refractivity contribution is 0.0698. The third kappa shape index (κ3) is 4.39. The molecule has 0 aliphatic rings. The number of carbonyl (C=O) groups excluding carboxylic acids is 1. The predicted molar refractivity (Wildman–Crippen MR) is 97.6 cm³/mol. The number of hydrogen-bond donors (Lipinski definition) is 3. The molecule has 0 aliphatic heterocycles. The molecule has 0 bridgehead atoms. The van der Waals surface area contributed by atoms with Gasteiger partial charge in [0.15, 0.2) is 5.11 Å². The van der Waals surface area contributed by atoms with Gasteiger partial charge in [-0.1, -0.05) is 38.1 Å². The van der Waals surface area contributed by atoms with Crippen LogP contribution in [0.3, 0.4) is 0 Å². The number of carboxylic acid groups (broad SMARTS) is 1. The van der Waals surface area contributed by atoms with Crippen LogP contribution in [0, 0.1) is 0 Å². The molecule has 3 N–H and O–H groups in total. The second kappa shape index (κ2) is 7.70. The number of para-hydroxylation sites is 1. The maximum atomic E-state index is 12.2. The Labute approximate surface area is 145 Å². The molecule has 124 valence electrons. The van der Waals surface area contributed by atoms with Gasteiger partial charge in [-0.2, -0.15) is 0 Å². The first kappa shape index (κ1) is 17.6. The molecule has 24 heavy (non-hydrogen) atoms. The molecule has 0 atom stereocenters. The predicted octanol–water partition coefficient (Wildman–Crippen LogP) is 3.64. The third-order valence-corrected chi connectivity index (χ3v) is 3.68. The van der Waals surface area contributed by atoms with Gasteiger partial charge in [-0.15, -0.1) is 0 Å². The number of nitrogens with one attached hydrogen (secondary N) is 2. The van der Waals surface area contributed by atoms with Crippen LogP contribution in [0.5, 0.6) is 0 Å². The topological polar surface area (TPSA) is 78.4 Å². The molecule has 6 heteroatoms. The zero-order valence-corrected chi connectivity index (χ0v) is 14.2. The van der Waals surface area contributed by atoms with Gasteiger partial charge in [0.05, 0.1) is 11.3 Å². The minimum atomic E-state index is -1.07. The van der Waals surface area contributed by atoms with E-state index in [0.717, 1.165) is 5.56 Å². The molecule has 0 saturated heterocycles. The van der Waals surface area contributed by atoms with Crippen molar-refractivity contribution in [3.05, 3.63) is 65.2 Å². The van der Waals surface area contributed by atoms with Gasteiger partial charge in [-0.3, -0.25) is 10.1 Å². The third-order valence-electron chi connectivity index (χ3n) is 3.47. The Morgan fingerprint density at radius 2 is 1.67 bits per heavy atom. The SMILES string of the molecule is CC(C)c1ccc(C(=O)NC(=S)Nc2ccccc2C(=O)O)cc1. The van der Waals surface area contributed by atoms with Crippen molar-refractivity contribution in [2.24, 2.45) is 0 Å². The maximum Gasteiger partial charge on any atom is 0.337 e. The highest BCUT2D eigenvalue weighted by molar-refractivity contribution is 7.80. The maximum absolute atomic E-state index is 12.2. The highest BCUT2D eigenvalue weighted by Gasteiger charge is 2.12. The van der Waals surface area contributed by atoms with E-state index in [1.807, 2.05) is 12.1 Å². The summed E-state index contributed by atoms with van der Waals surface area (Å²) in [5.74, 6) is -1.04. The van der Waals surface area contributed by atoms with E-state index >= 15 is 0 Å². The zero-order chi connectivity index (χ0) is 17.7. The van der Waals surface area contributed by atoms with Crippen LogP contribution in [0.4, 0.5) is 5.69 Å². The van der Waals surface area contributed by atoms with E-state index in [2.05, 4.69) is 24.5 Å². The fourth-order valence-corrected chi connectivity index (χ4v) is 2.33. The van der Waals surface area contributed by atoms with Gasteiger partial charge >= 0.3 is 5.97 Å². The molecular formula is C18H18N2O3S. The first-order chi connectivity index (χ1) is 11.4. The summed E-state index contributed by atoms with van der Waals surface area (Å²) in [4.78, 5) is 23.4. The highest BCUT2D eigenvalue weighted by atomic mass is 32.1. The zero-order valence-electron chi connectivity index (χ0n) is 13.4. The summed E-state index contributed by atoms with van der Waals surface area (Å²) in [5, 5.41) is 14.5. The summed E-state index contributed by atoms with van der Waals surface area (Å²) in [6, 6.07) is 13.6. The summed E-state index contributed by atoms with van der Waals surface area (Å²) in [6.45, 7) is 4.15. The molecule has 2 aromatic carbocycles. The van der Waals surface area contributed by atoms with Crippen LogP contribution < -0.4 is 10.6 Å². The molecule has 0 spiro atoms. The Kier molecular flexibility index (Phi) is 5.65. The molecule has 0 aromatic heterocycles. The lowest BCUT2D eigenvalue weighted by Crippen LogP contribution is -2.34. The Morgan fingerprint density at radius 3 is 2.25 bits per heavy atom. The number of carboxylic acids is 1. The minimum absolute atomic E-state index is 0.0432. The molecule has 2 rings (SSSR count). The van der Waals surface area contributed by atoms with Crippen LogP contribution in [-0.4, -0.2) is 22.1 Å². The van der Waals surface area contributed by atoms with E-state index in [-0.39, 0.29) is 16.6 Å². The first-order valence-electron chi connectivity index (χ1n) is 7.43. The Morgan fingerprint density at radius 1 is 1.04 bits per heavy atom. The first-order valence-corrected chi connectivity index (χ1v) is 7.84. The average Bonchev–Trinajstić information content (AvgIpc) is 2.55. The number of amides is 1. The van der Waals surface area contributed by atoms with Crippen molar-refractivity contribution in [3.8, 4) is 0 Å². The van der Waals surface area contributed by atoms with Crippen molar-refractivity contribution in [1.82, 2.24) is 5.32 Å². The normalized spacial score (nSPS) is 10.3. The van der Waals surface area contributed by atoms with E-state index in [1.165, 1.54) is 6.07 Å². The van der Waals surface area contributed by atoms with Crippen LogP contribution >= 0.6 is 12.2 Å². The lowest BCUT2D eigenvalue weighted by Gasteiger charge is -2.12. The number of benzene rings is 2. The van der Waals surface area contributed by atoms with Gasteiger partial charge in [-0.25, -0.2) is 4.79 Å². The van der Waals surface area contributed by atoms with Crippen molar-refractivity contribution in [3.63, 3.8) is 0 Å². The largest absolute Gasteiger partial charge is 0.478 e. The van der Waals surface area contributed by atoms with Gasteiger partial charge in [-0.05, 0) is 48.0 Å². The summed E-state index contributed by atoms with van der Waals surface area (Å²) in [5.41, 5.74) is 2.03. The molecule has 0 fully saturated rings.